The molecular formula is C21H25N5O2S. The zero-order chi connectivity index (χ0) is 21.3. The first kappa shape index (κ1) is 21.0. The van der Waals surface area contributed by atoms with E-state index in [1.165, 1.54) is 24.2 Å². The van der Waals surface area contributed by atoms with Crippen LogP contribution in [0.4, 0.5) is 0 Å². The summed E-state index contributed by atoms with van der Waals surface area (Å²) in [5.74, 6) is 0.300. The molecule has 2 heterocycles. The topological polar surface area (TPSA) is 93.5 Å². The molecule has 0 spiro atoms. The molecular weight excluding hydrogens is 386 g/mol. The third kappa shape index (κ3) is 4.17. The molecule has 1 N–H and O–H groups in total. The first-order valence-corrected chi connectivity index (χ1v) is 10.4. The largest absolute Gasteiger partial charge is 0.355 e. The molecule has 0 saturated heterocycles. The van der Waals surface area contributed by atoms with Gasteiger partial charge in [0.15, 0.2) is 11.6 Å². The first-order chi connectivity index (χ1) is 13.7. The fourth-order valence-corrected chi connectivity index (χ4v) is 4.22. The molecule has 2 aromatic heterocycles. The van der Waals surface area contributed by atoms with E-state index in [2.05, 4.69) is 46.5 Å². The fourth-order valence-electron chi connectivity index (χ4n) is 3.35. The Balaban J connectivity index is 1.83. The zero-order valence-electron chi connectivity index (χ0n) is 17.5. The number of tetrazole rings is 1. The molecule has 0 unspecified atom stereocenters. The lowest BCUT2D eigenvalue weighted by atomic mass is 10.0. The molecule has 152 valence electrons. The molecule has 0 radical (unpaired) electrons. The summed E-state index contributed by atoms with van der Waals surface area (Å²) < 4.78 is 1.63. The normalized spacial score (nSPS) is 12.4. The van der Waals surface area contributed by atoms with E-state index in [0.717, 1.165) is 5.69 Å². The number of aromatic amines is 1. The summed E-state index contributed by atoms with van der Waals surface area (Å²) in [5, 5.41) is 12.1. The van der Waals surface area contributed by atoms with Crippen molar-refractivity contribution in [2.45, 2.75) is 57.9 Å². The summed E-state index contributed by atoms with van der Waals surface area (Å²) >= 11 is 1.29. The van der Waals surface area contributed by atoms with E-state index >= 15 is 0 Å². The Morgan fingerprint density at radius 2 is 1.76 bits per heavy atom. The van der Waals surface area contributed by atoms with Crippen molar-refractivity contribution in [1.29, 1.82) is 0 Å². The van der Waals surface area contributed by atoms with Crippen LogP contribution in [0.2, 0.25) is 0 Å². The van der Waals surface area contributed by atoms with Crippen molar-refractivity contribution in [2.75, 3.05) is 0 Å². The smallest absolute Gasteiger partial charge is 0.214 e. The summed E-state index contributed by atoms with van der Waals surface area (Å²) in [7, 11) is 0. The molecule has 7 nitrogen and oxygen atoms in total. The van der Waals surface area contributed by atoms with E-state index in [0.29, 0.717) is 33.6 Å². The lowest BCUT2D eigenvalue weighted by molar-refractivity contribution is 0.0988. The quantitative estimate of drug-likeness (QED) is 0.460. The molecule has 3 rings (SSSR count). The number of benzene rings is 1. The Hall–Kier alpha value is -2.74. The van der Waals surface area contributed by atoms with Crippen molar-refractivity contribution in [3.8, 4) is 5.69 Å². The molecule has 0 aliphatic rings. The molecule has 1 aromatic carbocycles. The number of nitrogens with one attached hydrogen (secondary N) is 1. The number of thioether (sulfide) groups is 1. The molecule has 1 atom stereocenters. The monoisotopic (exact) mass is 411 g/mol. The van der Waals surface area contributed by atoms with Crippen LogP contribution in [0.1, 0.15) is 71.3 Å². The number of H-pyrrole nitrogens is 1. The van der Waals surface area contributed by atoms with Gasteiger partial charge in [-0.25, -0.2) is 0 Å². The van der Waals surface area contributed by atoms with Gasteiger partial charge in [-0.15, -0.1) is 5.10 Å². The number of nitrogens with zero attached hydrogens (tertiary/aromatic N) is 4. The number of hydrogen-bond acceptors (Lipinski definition) is 6. The summed E-state index contributed by atoms with van der Waals surface area (Å²) in [6.07, 6.45) is 0. The summed E-state index contributed by atoms with van der Waals surface area (Å²) in [6, 6.07) is 8.05. The highest BCUT2D eigenvalue weighted by Gasteiger charge is 2.26. The second kappa shape index (κ2) is 8.32. The maximum atomic E-state index is 13.0. The third-order valence-electron chi connectivity index (χ3n) is 4.93. The second-order valence-electron chi connectivity index (χ2n) is 7.43. The van der Waals surface area contributed by atoms with Gasteiger partial charge in [-0.3, -0.25) is 9.59 Å². The minimum atomic E-state index is -0.425. The van der Waals surface area contributed by atoms with Crippen LogP contribution in [0.3, 0.4) is 0 Å². The standard InChI is InChI=1S/C21H25N5O2S/c1-11(2)16-7-9-17(10-8-16)26-21(23-24-25-26)29-15(6)20(28)19-12(3)18(14(5)27)13(4)22-19/h7-11,15,22H,1-6H3/t15-/m0/s1. The van der Waals surface area contributed by atoms with Gasteiger partial charge in [-0.05, 0) is 67.3 Å². The van der Waals surface area contributed by atoms with Crippen LogP contribution in [-0.4, -0.2) is 42.0 Å². The Kier molecular flexibility index (Phi) is 6.02. The Labute approximate surface area is 174 Å². The summed E-state index contributed by atoms with van der Waals surface area (Å²) in [6.45, 7) is 11.2. The van der Waals surface area contributed by atoms with Gasteiger partial charge in [0.1, 0.15) is 0 Å². The third-order valence-corrected chi connectivity index (χ3v) is 5.97. The van der Waals surface area contributed by atoms with Gasteiger partial charge >= 0.3 is 0 Å². The van der Waals surface area contributed by atoms with E-state index in [-0.39, 0.29) is 11.6 Å². The SMILES string of the molecule is CC(=O)c1c(C)[nH]c(C(=O)[C@H](C)Sc2nnnn2-c2ccc(C(C)C)cc2)c1C. The van der Waals surface area contributed by atoms with Crippen LogP contribution in [0.25, 0.3) is 5.69 Å². The molecule has 0 aliphatic heterocycles. The van der Waals surface area contributed by atoms with Crippen molar-refractivity contribution in [3.63, 3.8) is 0 Å². The van der Waals surface area contributed by atoms with Crippen LogP contribution in [0, 0.1) is 13.8 Å². The average molecular weight is 412 g/mol. The van der Waals surface area contributed by atoms with Crippen molar-refractivity contribution < 1.29 is 9.59 Å². The molecule has 0 fully saturated rings. The highest BCUT2D eigenvalue weighted by atomic mass is 32.2. The molecule has 0 amide bonds. The minimum absolute atomic E-state index is 0.0515. The number of rotatable bonds is 7. The van der Waals surface area contributed by atoms with Gasteiger partial charge in [-0.2, -0.15) is 4.68 Å². The Morgan fingerprint density at radius 3 is 2.31 bits per heavy atom. The lowest BCUT2D eigenvalue weighted by Gasteiger charge is -2.11. The summed E-state index contributed by atoms with van der Waals surface area (Å²) in [5.41, 5.74) is 4.53. The first-order valence-electron chi connectivity index (χ1n) is 9.50. The van der Waals surface area contributed by atoms with Crippen LogP contribution in [-0.2, 0) is 0 Å². The summed E-state index contributed by atoms with van der Waals surface area (Å²) in [4.78, 5) is 27.9. The highest BCUT2D eigenvalue weighted by Crippen LogP contribution is 2.28. The number of carbonyl (C=O) groups excluding carboxylic acids is 2. The van der Waals surface area contributed by atoms with Gasteiger partial charge in [-0.1, -0.05) is 37.7 Å². The second-order valence-corrected chi connectivity index (χ2v) is 8.73. The molecule has 3 aromatic rings. The zero-order valence-corrected chi connectivity index (χ0v) is 18.3. The van der Waals surface area contributed by atoms with Crippen molar-refractivity contribution in [3.05, 3.63) is 52.3 Å². The number of aromatic nitrogens is 5. The van der Waals surface area contributed by atoms with Crippen molar-refractivity contribution in [1.82, 2.24) is 25.2 Å². The van der Waals surface area contributed by atoms with Gasteiger partial charge in [0.25, 0.3) is 0 Å². The fraction of sp³-hybridized carbons (Fsp3) is 0.381. The van der Waals surface area contributed by atoms with Gasteiger partial charge in [0, 0.05) is 11.3 Å². The van der Waals surface area contributed by atoms with E-state index in [1.54, 1.807) is 18.5 Å². The number of aryl methyl sites for hydroxylation is 1. The molecule has 29 heavy (non-hydrogen) atoms. The van der Waals surface area contributed by atoms with Gasteiger partial charge < -0.3 is 4.98 Å². The average Bonchev–Trinajstić information content (AvgIpc) is 3.24. The number of Topliss-reactive ketones (excluding diaryl/α,β-unsaturated/α-hetero) is 2. The van der Waals surface area contributed by atoms with Crippen LogP contribution < -0.4 is 0 Å². The predicted molar refractivity (Wildman–Crippen MR) is 113 cm³/mol. The van der Waals surface area contributed by atoms with Crippen LogP contribution in [0.5, 0.6) is 0 Å². The number of ketones is 2. The minimum Gasteiger partial charge on any atom is -0.355 e. The van der Waals surface area contributed by atoms with E-state index in [4.69, 9.17) is 0 Å². The maximum Gasteiger partial charge on any atom is 0.214 e. The number of carbonyl (C=O) groups is 2. The van der Waals surface area contributed by atoms with Gasteiger partial charge in [0.05, 0.1) is 16.6 Å². The Bertz CT molecular complexity index is 1050. The highest BCUT2D eigenvalue weighted by molar-refractivity contribution is 8.00. The molecule has 8 heteroatoms. The molecule has 0 saturated carbocycles. The van der Waals surface area contributed by atoms with Crippen molar-refractivity contribution >= 4 is 23.3 Å². The number of hydrogen-bond donors (Lipinski definition) is 1. The van der Waals surface area contributed by atoms with Crippen molar-refractivity contribution in [2.24, 2.45) is 0 Å². The molecule has 0 aliphatic carbocycles. The predicted octanol–water partition coefficient (Wildman–Crippen LogP) is 4.30. The Morgan fingerprint density at radius 1 is 1.10 bits per heavy atom. The molecule has 0 bridgehead atoms. The van der Waals surface area contributed by atoms with E-state index < -0.39 is 5.25 Å². The lowest BCUT2D eigenvalue weighted by Crippen LogP contribution is -2.16. The van der Waals surface area contributed by atoms with E-state index in [1.807, 2.05) is 19.1 Å². The van der Waals surface area contributed by atoms with Gasteiger partial charge in [0.2, 0.25) is 5.16 Å². The maximum absolute atomic E-state index is 13.0. The van der Waals surface area contributed by atoms with E-state index in [9.17, 15) is 9.59 Å². The van der Waals surface area contributed by atoms with Crippen LogP contribution >= 0.6 is 11.8 Å². The van der Waals surface area contributed by atoms with Crippen LogP contribution in [0.15, 0.2) is 29.4 Å².